The summed E-state index contributed by atoms with van der Waals surface area (Å²) in [7, 11) is 3.96. The minimum atomic E-state index is 0.146. The van der Waals surface area contributed by atoms with Gasteiger partial charge in [0, 0.05) is 24.7 Å². The average molecular weight is 260 g/mol. The Morgan fingerprint density at radius 3 is 2.26 bits per heavy atom. The van der Waals surface area contributed by atoms with Crippen molar-refractivity contribution >= 4 is 5.91 Å². The number of amides is 1. The maximum absolute atomic E-state index is 12.4. The van der Waals surface area contributed by atoms with Crippen LogP contribution in [0.5, 0.6) is 0 Å². The highest BCUT2D eigenvalue weighted by Gasteiger charge is 2.26. The van der Waals surface area contributed by atoms with E-state index in [1.165, 1.54) is 5.56 Å². The standard InChI is InChI=1S/C16H24N2O/c1-12-4-6-13(7-5-12)16(19)18(3)15-10-8-14(17-2)9-11-15/h4-7,14-15,17H,8-11H2,1-3H3. The molecule has 0 aromatic heterocycles. The van der Waals surface area contributed by atoms with Gasteiger partial charge in [-0.05, 0) is 51.8 Å². The first-order valence-corrected chi connectivity index (χ1v) is 7.13. The number of hydrogen-bond donors (Lipinski definition) is 1. The lowest BCUT2D eigenvalue weighted by Crippen LogP contribution is -2.42. The number of rotatable bonds is 3. The largest absolute Gasteiger partial charge is 0.339 e. The molecule has 2 rings (SSSR count). The summed E-state index contributed by atoms with van der Waals surface area (Å²) in [5, 5.41) is 3.33. The van der Waals surface area contributed by atoms with Gasteiger partial charge in [-0.15, -0.1) is 0 Å². The van der Waals surface area contributed by atoms with Crippen LogP contribution in [0.1, 0.15) is 41.6 Å². The predicted molar refractivity (Wildman–Crippen MR) is 78.4 cm³/mol. The van der Waals surface area contributed by atoms with Crippen molar-refractivity contribution < 1.29 is 4.79 Å². The first kappa shape index (κ1) is 14.1. The van der Waals surface area contributed by atoms with Gasteiger partial charge in [0.1, 0.15) is 0 Å². The number of aryl methyl sites for hydroxylation is 1. The summed E-state index contributed by atoms with van der Waals surface area (Å²) in [5.74, 6) is 0.146. The second-order valence-electron chi connectivity index (χ2n) is 5.58. The van der Waals surface area contributed by atoms with Gasteiger partial charge in [-0.3, -0.25) is 4.79 Å². The summed E-state index contributed by atoms with van der Waals surface area (Å²) in [6, 6.07) is 8.86. The van der Waals surface area contributed by atoms with Crippen LogP contribution in [0.4, 0.5) is 0 Å². The van der Waals surface area contributed by atoms with Crippen LogP contribution in [0.25, 0.3) is 0 Å². The van der Waals surface area contributed by atoms with Crippen LogP contribution in [0.15, 0.2) is 24.3 Å². The molecule has 1 aliphatic carbocycles. The highest BCUT2D eigenvalue weighted by molar-refractivity contribution is 5.94. The molecule has 1 saturated carbocycles. The topological polar surface area (TPSA) is 32.3 Å². The van der Waals surface area contributed by atoms with Crippen molar-refractivity contribution in [2.75, 3.05) is 14.1 Å². The summed E-state index contributed by atoms with van der Waals surface area (Å²) in [5.41, 5.74) is 1.98. The van der Waals surface area contributed by atoms with Gasteiger partial charge in [0.15, 0.2) is 0 Å². The molecule has 3 heteroatoms. The molecule has 0 bridgehead atoms. The van der Waals surface area contributed by atoms with E-state index in [0.717, 1.165) is 31.2 Å². The van der Waals surface area contributed by atoms with Crippen molar-refractivity contribution in [3.8, 4) is 0 Å². The molecular formula is C16H24N2O. The van der Waals surface area contributed by atoms with E-state index in [1.807, 2.05) is 50.2 Å². The van der Waals surface area contributed by atoms with Gasteiger partial charge in [-0.25, -0.2) is 0 Å². The van der Waals surface area contributed by atoms with Gasteiger partial charge in [-0.2, -0.15) is 0 Å². The van der Waals surface area contributed by atoms with Crippen LogP contribution in [0.3, 0.4) is 0 Å². The number of carbonyl (C=O) groups excluding carboxylic acids is 1. The number of carbonyl (C=O) groups is 1. The van der Waals surface area contributed by atoms with Crippen molar-refractivity contribution in [2.24, 2.45) is 0 Å². The van der Waals surface area contributed by atoms with E-state index in [0.29, 0.717) is 12.1 Å². The Balaban J connectivity index is 1.98. The first-order chi connectivity index (χ1) is 9.11. The third kappa shape index (κ3) is 3.35. The molecule has 0 aliphatic heterocycles. The Hall–Kier alpha value is -1.35. The number of hydrogen-bond acceptors (Lipinski definition) is 2. The van der Waals surface area contributed by atoms with E-state index in [4.69, 9.17) is 0 Å². The van der Waals surface area contributed by atoms with Crippen LogP contribution >= 0.6 is 0 Å². The Bertz CT molecular complexity index is 419. The molecule has 0 unspecified atom stereocenters. The summed E-state index contributed by atoms with van der Waals surface area (Å²) in [6.45, 7) is 2.04. The molecule has 3 nitrogen and oxygen atoms in total. The Morgan fingerprint density at radius 2 is 1.74 bits per heavy atom. The minimum absolute atomic E-state index is 0.146. The fourth-order valence-corrected chi connectivity index (χ4v) is 2.82. The van der Waals surface area contributed by atoms with Crippen LogP contribution in [0, 0.1) is 6.92 Å². The minimum Gasteiger partial charge on any atom is -0.339 e. The number of nitrogens with one attached hydrogen (secondary N) is 1. The molecular weight excluding hydrogens is 236 g/mol. The fourth-order valence-electron chi connectivity index (χ4n) is 2.82. The van der Waals surface area contributed by atoms with Crippen molar-refractivity contribution in [1.82, 2.24) is 10.2 Å². The summed E-state index contributed by atoms with van der Waals surface area (Å²) >= 11 is 0. The average Bonchev–Trinajstić information content (AvgIpc) is 2.46. The van der Waals surface area contributed by atoms with Gasteiger partial charge < -0.3 is 10.2 Å². The van der Waals surface area contributed by atoms with Crippen LogP contribution < -0.4 is 5.32 Å². The van der Waals surface area contributed by atoms with Crippen LogP contribution in [0.2, 0.25) is 0 Å². The Kier molecular flexibility index (Phi) is 4.59. The maximum atomic E-state index is 12.4. The third-order valence-electron chi connectivity index (χ3n) is 4.27. The second-order valence-corrected chi connectivity index (χ2v) is 5.58. The maximum Gasteiger partial charge on any atom is 0.253 e. The normalized spacial score (nSPS) is 23.1. The van der Waals surface area contributed by atoms with Gasteiger partial charge in [0.2, 0.25) is 0 Å². The zero-order chi connectivity index (χ0) is 13.8. The zero-order valence-corrected chi connectivity index (χ0v) is 12.1. The predicted octanol–water partition coefficient (Wildman–Crippen LogP) is 2.60. The molecule has 104 valence electrons. The van der Waals surface area contributed by atoms with Gasteiger partial charge in [-0.1, -0.05) is 17.7 Å². The summed E-state index contributed by atoms with van der Waals surface area (Å²) < 4.78 is 0. The quantitative estimate of drug-likeness (QED) is 0.906. The molecule has 1 aliphatic rings. The smallest absolute Gasteiger partial charge is 0.253 e. The lowest BCUT2D eigenvalue weighted by atomic mass is 9.90. The lowest BCUT2D eigenvalue weighted by Gasteiger charge is -2.34. The number of benzene rings is 1. The molecule has 0 spiro atoms. The van der Waals surface area contributed by atoms with Gasteiger partial charge in [0.05, 0.1) is 0 Å². The molecule has 1 fully saturated rings. The van der Waals surface area contributed by atoms with E-state index in [2.05, 4.69) is 5.32 Å². The Morgan fingerprint density at radius 1 is 1.16 bits per heavy atom. The molecule has 1 aromatic carbocycles. The molecule has 0 atom stereocenters. The number of nitrogens with zero attached hydrogens (tertiary/aromatic N) is 1. The second kappa shape index (κ2) is 6.20. The van der Waals surface area contributed by atoms with Gasteiger partial charge in [0.25, 0.3) is 5.91 Å². The van der Waals surface area contributed by atoms with Crippen molar-refractivity contribution in [1.29, 1.82) is 0 Å². The van der Waals surface area contributed by atoms with E-state index in [1.54, 1.807) is 0 Å². The highest BCUT2D eigenvalue weighted by atomic mass is 16.2. The van der Waals surface area contributed by atoms with Gasteiger partial charge >= 0.3 is 0 Å². The third-order valence-corrected chi connectivity index (χ3v) is 4.27. The molecule has 0 radical (unpaired) electrons. The van der Waals surface area contributed by atoms with Crippen LogP contribution in [-0.4, -0.2) is 37.0 Å². The van der Waals surface area contributed by atoms with E-state index in [-0.39, 0.29) is 5.91 Å². The van der Waals surface area contributed by atoms with E-state index >= 15 is 0 Å². The Labute approximate surface area is 116 Å². The SMILES string of the molecule is CNC1CCC(N(C)C(=O)c2ccc(C)cc2)CC1. The fraction of sp³-hybridized carbons (Fsp3) is 0.562. The molecule has 0 saturated heterocycles. The zero-order valence-electron chi connectivity index (χ0n) is 12.1. The first-order valence-electron chi connectivity index (χ1n) is 7.13. The molecule has 19 heavy (non-hydrogen) atoms. The molecule has 0 heterocycles. The summed E-state index contributed by atoms with van der Waals surface area (Å²) in [4.78, 5) is 14.3. The lowest BCUT2D eigenvalue weighted by molar-refractivity contribution is 0.0685. The van der Waals surface area contributed by atoms with Crippen molar-refractivity contribution in [2.45, 2.75) is 44.7 Å². The van der Waals surface area contributed by atoms with E-state index < -0.39 is 0 Å². The summed E-state index contributed by atoms with van der Waals surface area (Å²) in [6.07, 6.45) is 4.51. The molecule has 1 amide bonds. The highest BCUT2D eigenvalue weighted by Crippen LogP contribution is 2.23. The van der Waals surface area contributed by atoms with Crippen molar-refractivity contribution in [3.05, 3.63) is 35.4 Å². The van der Waals surface area contributed by atoms with Crippen molar-refractivity contribution in [3.63, 3.8) is 0 Å². The monoisotopic (exact) mass is 260 g/mol. The van der Waals surface area contributed by atoms with Crippen LogP contribution in [-0.2, 0) is 0 Å². The molecule has 1 aromatic rings. The van der Waals surface area contributed by atoms with E-state index in [9.17, 15) is 4.79 Å². The molecule has 1 N–H and O–H groups in total.